The van der Waals surface area contributed by atoms with Gasteiger partial charge in [0.15, 0.2) is 0 Å². The van der Waals surface area contributed by atoms with Gasteiger partial charge in [-0.15, -0.1) is 0 Å². The van der Waals surface area contributed by atoms with E-state index in [1.807, 2.05) is 0 Å². The van der Waals surface area contributed by atoms with Crippen LogP contribution in [0.4, 0.5) is 0 Å². The van der Waals surface area contributed by atoms with Gasteiger partial charge in [-0.25, -0.2) is 0 Å². The number of aromatic nitrogens is 3. The third-order valence-electron chi connectivity index (χ3n) is 28.3. The SMILES string of the molecule is CC(C)(C)c1ccc(-c2c3ccccc3c(-c3ccc(-n4c5ccccc5c5ccccc54)cc3)c3ccccc23)cc1.c1ccc(-c2ccc3c(c2)c2cc(-c4ccccc4)ccc2n3-c2ccc(-c3c4ccccc4c(-c4ccccc4)c4ccccc34)cc2)cc1.c1ccc2cc(-c3c4ccccc4c(-c4ccc(-n5c6ccccc6c6ccccc65)cc4)c4ccccc34)ccc2c1. The van der Waals surface area contributed by atoms with Crippen LogP contribution in [0.5, 0.6) is 0 Å². The first-order chi connectivity index (χ1) is 67.7. The molecule has 0 N–H and O–H groups in total. The molecule has 0 aliphatic rings. The summed E-state index contributed by atoms with van der Waals surface area (Å²) in [6.45, 7) is 6.82. The van der Waals surface area contributed by atoms with Gasteiger partial charge in [-0.3, -0.25) is 0 Å². The van der Waals surface area contributed by atoms with Crippen LogP contribution >= 0.6 is 0 Å². The molecule has 0 bridgehead atoms. The van der Waals surface area contributed by atoms with E-state index in [1.54, 1.807) is 0 Å². The van der Waals surface area contributed by atoms with Crippen LogP contribution in [-0.4, -0.2) is 13.7 Å². The zero-order valence-corrected chi connectivity index (χ0v) is 76.3. The van der Waals surface area contributed by atoms with Gasteiger partial charge in [-0.05, 0) is 266 Å². The number of hydrogen-bond donors (Lipinski definition) is 0. The van der Waals surface area contributed by atoms with Crippen LogP contribution in [0.1, 0.15) is 26.3 Å². The van der Waals surface area contributed by atoms with Crippen molar-refractivity contribution in [2.45, 2.75) is 26.2 Å². The minimum atomic E-state index is 0.123. The molecule has 0 spiro atoms. The van der Waals surface area contributed by atoms with Crippen LogP contribution in [0.2, 0.25) is 0 Å². The summed E-state index contributed by atoms with van der Waals surface area (Å²) in [7, 11) is 0. The average molecular weight is 1750 g/mol. The molecule has 3 nitrogen and oxygen atoms in total. The minimum absolute atomic E-state index is 0.123. The smallest absolute Gasteiger partial charge is 0.0541 e. The quantitative estimate of drug-likeness (QED) is 0.115. The van der Waals surface area contributed by atoms with Crippen LogP contribution in [0, 0.1) is 0 Å². The molecule has 0 radical (unpaired) electrons. The Morgan fingerprint density at radius 1 is 0.131 bits per heavy atom. The van der Waals surface area contributed by atoms with Crippen molar-refractivity contribution in [2.75, 3.05) is 0 Å². The fraction of sp³-hybridized carbons (Fsp3) is 0.0299. The molecule has 27 rings (SSSR count). The normalized spacial score (nSPS) is 11.8. The Labute approximate surface area is 796 Å². The van der Waals surface area contributed by atoms with Crippen molar-refractivity contribution < 1.29 is 0 Å². The Hall–Kier alpha value is -17.5. The van der Waals surface area contributed by atoms with Gasteiger partial charge in [-0.1, -0.05) is 439 Å². The third kappa shape index (κ3) is 14.2. The van der Waals surface area contributed by atoms with Gasteiger partial charge in [0, 0.05) is 49.4 Å². The predicted octanol–water partition coefficient (Wildman–Crippen LogP) is 37.1. The predicted molar refractivity (Wildman–Crippen MR) is 587 cm³/mol. The summed E-state index contributed by atoms with van der Waals surface area (Å²) in [6, 6.07) is 186. The van der Waals surface area contributed by atoms with E-state index >= 15 is 0 Å². The van der Waals surface area contributed by atoms with Gasteiger partial charge < -0.3 is 13.7 Å². The molecule has 3 aromatic heterocycles. The first-order valence-corrected chi connectivity index (χ1v) is 47.6. The van der Waals surface area contributed by atoms with E-state index < -0.39 is 0 Å². The Morgan fingerprint density at radius 3 is 0.620 bits per heavy atom. The molecule has 644 valence electrons. The van der Waals surface area contributed by atoms with Crippen LogP contribution in [-0.2, 0) is 5.41 Å². The van der Waals surface area contributed by atoms with E-state index in [-0.39, 0.29) is 5.41 Å². The summed E-state index contributed by atoms with van der Waals surface area (Å²) in [4.78, 5) is 0. The lowest BCUT2D eigenvalue weighted by atomic mass is 9.83. The maximum absolute atomic E-state index is 2.42. The monoisotopic (exact) mass is 1740 g/mol. The lowest BCUT2D eigenvalue weighted by Gasteiger charge is -2.21. The van der Waals surface area contributed by atoms with Crippen molar-refractivity contribution in [2.24, 2.45) is 0 Å². The van der Waals surface area contributed by atoms with Gasteiger partial charge in [0.1, 0.15) is 0 Å². The number of fused-ring (bicyclic) bond motifs is 16. The molecule has 0 fully saturated rings. The number of rotatable bonds is 11. The maximum atomic E-state index is 2.42. The van der Waals surface area contributed by atoms with Crippen LogP contribution in [0.25, 0.3) is 247 Å². The molecule has 0 amide bonds. The molecule has 0 saturated heterocycles. The zero-order valence-electron chi connectivity index (χ0n) is 76.3. The van der Waals surface area contributed by atoms with Gasteiger partial charge in [0.2, 0.25) is 0 Å². The summed E-state index contributed by atoms with van der Waals surface area (Å²) in [6.07, 6.45) is 0. The second kappa shape index (κ2) is 34.0. The largest absolute Gasteiger partial charge is 0.309 e. The van der Waals surface area contributed by atoms with Gasteiger partial charge >= 0.3 is 0 Å². The van der Waals surface area contributed by atoms with Crippen LogP contribution < -0.4 is 0 Å². The van der Waals surface area contributed by atoms with Crippen LogP contribution in [0.15, 0.2) is 510 Å². The molecule has 27 aromatic rings. The lowest BCUT2D eigenvalue weighted by molar-refractivity contribution is 0.590. The van der Waals surface area contributed by atoms with Crippen molar-refractivity contribution in [3.05, 3.63) is 515 Å². The minimum Gasteiger partial charge on any atom is -0.309 e. The van der Waals surface area contributed by atoms with E-state index in [0.717, 1.165) is 5.69 Å². The molecule has 3 heterocycles. The number of para-hydroxylation sites is 4. The Balaban J connectivity index is 0.000000110. The average Bonchev–Trinajstić information content (AvgIpc) is 1.71. The number of benzene rings is 24. The van der Waals surface area contributed by atoms with Crippen molar-refractivity contribution in [1.82, 2.24) is 13.7 Å². The van der Waals surface area contributed by atoms with Gasteiger partial charge in [-0.2, -0.15) is 0 Å². The first-order valence-electron chi connectivity index (χ1n) is 47.6. The first kappa shape index (κ1) is 81.5. The van der Waals surface area contributed by atoms with Crippen LogP contribution in [0.3, 0.4) is 0 Å². The van der Waals surface area contributed by atoms with Crippen molar-refractivity contribution >= 4 is 141 Å². The fourth-order valence-electron chi connectivity index (χ4n) is 22.0. The topological polar surface area (TPSA) is 14.8 Å². The van der Waals surface area contributed by atoms with E-state index in [1.165, 1.54) is 247 Å². The zero-order chi connectivity index (χ0) is 91.2. The standard InChI is InChI=1S/C50H33N.C42H27N.C42H33N/c1-4-14-34(15-5-1)38-26-30-47-45(32-38)46-33-39(35-16-6-2-7-17-35)27-31-48(46)51(47)40-28-24-37(25-29-40)50-43-22-12-10-20-41(43)49(36-18-8-3-9-19-36)42-21-11-13-23-44(42)50;1-2-12-30-27-31(22-21-28(30)11-1)42-37-17-5-3-15-35(37)41(36-16-4-6-18-38(36)42)29-23-25-32(26-24-29)43-39-19-9-7-13-33(39)34-14-8-10-20-40(34)43;1-42(2,3)30-24-20-28(21-25-30)40-34-14-4-6-16-36(34)41(37-17-7-5-15-35(37)40)29-22-26-31(27-23-29)43-38-18-10-8-12-32(38)33-13-9-11-19-39(33)43/h1-33H;1-27H;4-27H,1-3H3. The highest BCUT2D eigenvalue weighted by Crippen LogP contribution is 2.50. The van der Waals surface area contributed by atoms with E-state index in [4.69, 9.17) is 0 Å². The van der Waals surface area contributed by atoms with E-state index in [2.05, 4.69) is 544 Å². The summed E-state index contributed by atoms with van der Waals surface area (Å²) in [5.74, 6) is 0. The van der Waals surface area contributed by atoms with E-state index in [0.29, 0.717) is 0 Å². The summed E-state index contributed by atoms with van der Waals surface area (Å²) >= 11 is 0. The van der Waals surface area contributed by atoms with Crippen molar-refractivity contribution in [1.29, 1.82) is 0 Å². The molecule has 0 aliphatic carbocycles. The van der Waals surface area contributed by atoms with Gasteiger partial charge in [0.25, 0.3) is 0 Å². The summed E-state index contributed by atoms with van der Waals surface area (Å²) in [5.41, 5.74) is 32.3. The molecule has 0 aliphatic heterocycles. The number of hydrogen-bond acceptors (Lipinski definition) is 0. The molecule has 24 aromatic carbocycles. The molecule has 0 atom stereocenters. The highest BCUT2D eigenvalue weighted by atomic mass is 15.0. The second-order valence-corrected chi connectivity index (χ2v) is 37.2. The number of nitrogens with zero attached hydrogens (tertiary/aromatic N) is 3. The fourth-order valence-corrected chi connectivity index (χ4v) is 22.0. The molecule has 137 heavy (non-hydrogen) atoms. The molecular weight excluding hydrogens is 1650 g/mol. The Bertz CT molecular complexity index is 9000. The highest BCUT2D eigenvalue weighted by molar-refractivity contribution is 6.25. The summed E-state index contributed by atoms with van der Waals surface area (Å²) < 4.78 is 7.19. The molecule has 0 saturated carbocycles. The summed E-state index contributed by atoms with van der Waals surface area (Å²) in [5, 5.41) is 25.4. The highest BCUT2D eigenvalue weighted by Gasteiger charge is 2.25. The maximum Gasteiger partial charge on any atom is 0.0541 e. The van der Waals surface area contributed by atoms with Crippen molar-refractivity contribution in [3.8, 4) is 106 Å². The van der Waals surface area contributed by atoms with E-state index in [9.17, 15) is 0 Å². The third-order valence-corrected chi connectivity index (χ3v) is 28.3. The van der Waals surface area contributed by atoms with Crippen molar-refractivity contribution in [3.63, 3.8) is 0 Å². The Morgan fingerprint density at radius 2 is 0.336 bits per heavy atom. The second-order valence-electron chi connectivity index (χ2n) is 37.2. The molecule has 0 unspecified atom stereocenters. The Kier molecular flexibility index (Phi) is 20.2. The lowest BCUT2D eigenvalue weighted by Crippen LogP contribution is -2.10. The van der Waals surface area contributed by atoms with Gasteiger partial charge in [0.05, 0.1) is 33.1 Å². The molecule has 3 heteroatoms. The molecular formula is C134H93N3.